The SMILES string of the molecule is CC(C)CCCOCCCl. The molecule has 0 heterocycles. The summed E-state index contributed by atoms with van der Waals surface area (Å²) in [6, 6.07) is 0. The fourth-order valence-corrected chi connectivity index (χ4v) is 0.859. The first kappa shape index (κ1) is 10.2. The van der Waals surface area contributed by atoms with E-state index in [1.54, 1.807) is 0 Å². The number of rotatable bonds is 6. The minimum absolute atomic E-state index is 0.613. The van der Waals surface area contributed by atoms with Gasteiger partial charge in [-0.25, -0.2) is 0 Å². The lowest BCUT2D eigenvalue weighted by atomic mass is 10.1. The molecular weight excluding hydrogens is 148 g/mol. The second-order valence-corrected chi connectivity index (χ2v) is 3.22. The predicted octanol–water partition coefficient (Wildman–Crippen LogP) is 2.68. The van der Waals surface area contributed by atoms with Crippen molar-refractivity contribution in [2.75, 3.05) is 19.1 Å². The highest BCUT2D eigenvalue weighted by atomic mass is 35.5. The van der Waals surface area contributed by atoms with Gasteiger partial charge in [0.25, 0.3) is 0 Å². The molecule has 0 aromatic rings. The van der Waals surface area contributed by atoms with Crippen LogP contribution in [0.15, 0.2) is 0 Å². The highest BCUT2D eigenvalue weighted by molar-refractivity contribution is 6.17. The molecule has 0 N–H and O–H groups in total. The first-order valence-electron chi connectivity index (χ1n) is 3.91. The zero-order valence-electron chi connectivity index (χ0n) is 6.90. The summed E-state index contributed by atoms with van der Waals surface area (Å²) in [5, 5.41) is 0. The zero-order chi connectivity index (χ0) is 7.82. The fourth-order valence-electron chi connectivity index (χ4n) is 0.750. The number of hydrogen-bond acceptors (Lipinski definition) is 1. The van der Waals surface area contributed by atoms with E-state index >= 15 is 0 Å². The Balaban J connectivity index is 2.77. The smallest absolute Gasteiger partial charge is 0.0601 e. The molecule has 0 saturated carbocycles. The maximum Gasteiger partial charge on any atom is 0.0601 e. The molecule has 0 aromatic heterocycles. The van der Waals surface area contributed by atoms with Crippen LogP contribution in [-0.2, 0) is 4.74 Å². The van der Waals surface area contributed by atoms with Gasteiger partial charge in [0.1, 0.15) is 0 Å². The molecule has 0 aliphatic carbocycles. The molecule has 0 aromatic carbocycles. The summed E-state index contributed by atoms with van der Waals surface area (Å²) < 4.78 is 5.20. The van der Waals surface area contributed by atoms with Crippen LogP contribution in [0.25, 0.3) is 0 Å². The highest BCUT2D eigenvalue weighted by Gasteiger charge is 1.92. The molecule has 0 radical (unpaired) electrons. The third-order valence-electron chi connectivity index (χ3n) is 1.29. The molecule has 0 fully saturated rings. The summed E-state index contributed by atoms with van der Waals surface area (Å²) >= 11 is 5.42. The van der Waals surface area contributed by atoms with Gasteiger partial charge in [0.2, 0.25) is 0 Å². The summed E-state index contributed by atoms with van der Waals surface area (Å²) in [6.07, 6.45) is 2.41. The topological polar surface area (TPSA) is 9.23 Å². The van der Waals surface area contributed by atoms with Crippen LogP contribution in [0, 0.1) is 5.92 Å². The molecule has 10 heavy (non-hydrogen) atoms. The maximum atomic E-state index is 5.42. The third-order valence-corrected chi connectivity index (χ3v) is 1.45. The number of hydrogen-bond donors (Lipinski definition) is 0. The van der Waals surface area contributed by atoms with Crippen LogP contribution in [0.1, 0.15) is 26.7 Å². The standard InChI is InChI=1S/C8H17ClO/c1-8(2)4-3-6-10-7-5-9/h8H,3-7H2,1-2H3. The van der Waals surface area contributed by atoms with Gasteiger partial charge in [0, 0.05) is 12.5 Å². The van der Waals surface area contributed by atoms with E-state index in [1.807, 2.05) is 0 Å². The van der Waals surface area contributed by atoms with Crippen molar-refractivity contribution in [1.82, 2.24) is 0 Å². The van der Waals surface area contributed by atoms with Gasteiger partial charge in [-0.1, -0.05) is 13.8 Å². The number of halogens is 1. The van der Waals surface area contributed by atoms with E-state index in [-0.39, 0.29) is 0 Å². The van der Waals surface area contributed by atoms with Crippen LogP contribution in [0.5, 0.6) is 0 Å². The average Bonchev–Trinajstić information content (AvgIpc) is 1.87. The normalized spacial score (nSPS) is 10.8. The quantitative estimate of drug-likeness (QED) is 0.433. The van der Waals surface area contributed by atoms with Crippen LogP contribution in [0.3, 0.4) is 0 Å². The number of alkyl halides is 1. The molecule has 0 rings (SSSR count). The van der Waals surface area contributed by atoms with E-state index in [0.717, 1.165) is 18.9 Å². The summed E-state index contributed by atoms with van der Waals surface area (Å²) in [7, 11) is 0. The monoisotopic (exact) mass is 164 g/mol. The molecule has 0 amide bonds. The molecule has 2 heteroatoms. The van der Waals surface area contributed by atoms with E-state index < -0.39 is 0 Å². The van der Waals surface area contributed by atoms with Gasteiger partial charge >= 0.3 is 0 Å². The molecular formula is C8H17ClO. The Morgan fingerprint density at radius 3 is 2.50 bits per heavy atom. The van der Waals surface area contributed by atoms with Crippen molar-refractivity contribution >= 4 is 11.6 Å². The minimum atomic E-state index is 0.613. The lowest BCUT2D eigenvalue weighted by molar-refractivity contribution is 0.142. The summed E-state index contributed by atoms with van der Waals surface area (Å²) in [6.45, 7) is 6.01. The van der Waals surface area contributed by atoms with Crippen molar-refractivity contribution in [2.24, 2.45) is 5.92 Å². The van der Waals surface area contributed by atoms with E-state index in [4.69, 9.17) is 16.3 Å². The van der Waals surface area contributed by atoms with Crippen LogP contribution in [0.4, 0.5) is 0 Å². The van der Waals surface area contributed by atoms with Gasteiger partial charge in [-0.05, 0) is 18.8 Å². The fraction of sp³-hybridized carbons (Fsp3) is 1.00. The van der Waals surface area contributed by atoms with E-state index in [2.05, 4.69) is 13.8 Å². The Morgan fingerprint density at radius 2 is 2.00 bits per heavy atom. The first-order chi connectivity index (χ1) is 4.77. The van der Waals surface area contributed by atoms with Crippen molar-refractivity contribution in [3.05, 3.63) is 0 Å². The van der Waals surface area contributed by atoms with Gasteiger partial charge in [0.15, 0.2) is 0 Å². The molecule has 62 valence electrons. The van der Waals surface area contributed by atoms with Crippen molar-refractivity contribution in [3.63, 3.8) is 0 Å². The Morgan fingerprint density at radius 1 is 1.30 bits per heavy atom. The Kier molecular flexibility index (Phi) is 7.54. The second-order valence-electron chi connectivity index (χ2n) is 2.84. The van der Waals surface area contributed by atoms with E-state index in [1.165, 1.54) is 6.42 Å². The Bertz CT molecular complexity index is 64.3. The molecule has 0 unspecified atom stereocenters. The Hall–Kier alpha value is 0.250. The van der Waals surface area contributed by atoms with Gasteiger partial charge in [0.05, 0.1) is 6.61 Å². The predicted molar refractivity (Wildman–Crippen MR) is 45.6 cm³/mol. The van der Waals surface area contributed by atoms with Gasteiger partial charge < -0.3 is 4.74 Å². The largest absolute Gasteiger partial charge is 0.380 e. The van der Waals surface area contributed by atoms with Crippen LogP contribution < -0.4 is 0 Å². The first-order valence-corrected chi connectivity index (χ1v) is 4.44. The molecule has 0 saturated heterocycles. The lowest BCUT2D eigenvalue weighted by Gasteiger charge is -2.03. The van der Waals surface area contributed by atoms with E-state index in [9.17, 15) is 0 Å². The average molecular weight is 165 g/mol. The lowest BCUT2D eigenvalue weighted by Crippen LogP contribution is -1.99. The molecule has 0 bridgehead atoms. The van der Waals surface area contributed by atoms with Gasteiger partial charge in [-0.2, -0.15) is 0 Å². The second kappa shape index (κ2) is 7.36. The van der Waals surface area contributed by atoms with Crippen molar-refractivity contribution in [1.29, 1.82) is 0 Å². The summed E-state index contributed by atoms with van der Waals surface area (Å²) in [5.41, 5.74) is 0. The molecule has 0 aliphatic heterocycles. The van der Waals surface area contributed by atoms with Crippen molar-refractivity contribution in [3.8, 4) is 0 Å². The van der Waals surface area contributed by atoms with Gasteiger partial charge in [-0.3, -0.25) is 0 Å². The minimum Gasteiger partial charge on any atom is -0.380 e. The molecule has 1 nitrogen and oxygen atoms in total. The van der Waals surface area contributed by atoms with Gasteiger partial charge in [-0.15, -0.1) is 11.6 Å². The van der Waals surface area contributed by atoms with E-state index in [0.29, 0.717) is 12.5 Å². The Labute approximate surface area is 68.7 Å². The summed E-state index contributed by atoms with van der Waals surface area (Å²) in [4.78, 5) is 0. The van der Waals surface area contributed by atoms with Crippen molar-refractivity contribution < 1.29 is 4.74 Å². The van der Waals surface area contributed by atoms with Crippen LogP contribution in [-0.4, -0.2) is 19.1 Å². The molecule has 0 aliphatic rings. The van der Waals surface area contributed by atoms with Crippen molar-refractivity contribution in [2.45, 2.75) is 26.7 Å². The summed E-state index contributed by atoms with van der Waals surface area (Å²) in [5.74, 6) is 1.40. The number of ether oxygens (including phenoxy) is 1. The molecule has 0 atom stereocenters. The zero-order valence-corrected chi connectivity index (χ0v) is 7.66. The van der Waals surface area contributed by atoms with Crippen LogP contribution in [0.2, 0.25) is 0 Å². The highest BCUT2D eigenvalue weighted by Crippen LogP contribution is 2.02. The molecule has 0 spiro atoms. The third kappa shape index (κ3) is 8.25. The maximum absolute atomic E-state index is 5.42. The van der Waals surface area contributed by atoms with Crippen LogP contribution >= 0.6 is 11.6 Å².